The number of aliphatic hydroxyl groups excluding tert-OH is 1. The Balaban J connectivity index is 2.50. The summed E-state index contributed by atoms with van der Waals surface area (Å²) in [5.41, 5.74) is -0.460. The van der Waals surface area contributed by atoms with Crippen molar-refractivity contribution < 1.29 is 14.6 Å². The highest BCUT2D eigenvalue weighted by Crippen LogP contribution is 2.31. The van der Waals surface area contributed by atoms with E-state index in [9.17, 15) is 9.90 Å². The van der Waals surface area contributed by atoms with Crippen LogP contribution in [0.4, 0.5) is 4.79 Å². The van der Waals surface area contributed by atoms with Crippen LogP contribution in [0.25, 0.3) is 0 Å². The molecule has 4 heteroatoms. The van der Waals surface area contributed by atoms with Crippen molar-refractivity contribution in [1.82, 2.24) is 5.32 Å². The van der Waals surface area contributed by atoms with E-state index in [1.165, 1.54) is 0 Å². The van der Waals surface area contributed by atoms with E-state index in [-0.39, 0.29) is 12.7 Å². The lowest BCUT2D eigenvalue weighted by Crippen LogP contribution is -2.53. The molecule has 0 aromatic heterocycles. The summed E-state index contributed by atoms with van der Waals surface area (Å²) in [7, 11) is 0. The van der Waals surface area contributed by atoms with Crippen LogP contribution in [-0.4, -0.2) is 29.4 Å². The lowest BCUT2D eigenvalue weighted by atomic mass is 9.77. The monoisotopic (exact) mass is 229 g/mol. The third kappa shape index (κ3) is 3.67. The predicted molar refractivity (Wildman–Crippen MR) is 62.2 cm³/mol. The standard InChI is InChI=1S/C12H23NO3/c1-9(2)16-11(15)13-12(8-14)6-4-10(3)5-7-12/h9-10,14H,4-8H2,1-3H3,(H,13,15). The van der Waals surface area contributed by atoms with E-state index in [2.05, 4.69) is 12.2 Å². The second-order valence-electron chi connectivity index (χ2n) is 5.20. The molecule has 1 aliphatic rings. The van der Waals surface area contributed by atoms with Gasteiger partial charge < -0.3 is 15.2 Å². The van der Waals surface area contributed by atoms with Crippen molar-refractivity contribution in [3.05, 3.63) is 0 Å². The van der Waals surface area contributed by atoms with Gasteiger partial charge in [0.05, 0.1) is 18.2 Å². The summed E-state index contributed by atoms with van der Waals surface area (Å²) in [4.78, 5) is 11.5. The number of hydrogen-bond donors (Lipinski definition) is 2. The second-order valence-corrected chi connectivity index (χ2v) is 5.20. The molecular formula is C12H23NO3. The fraction of sp³-hybridized carbons (Fsp3) is 0.917. The van der Waals surface area contributed by atoms with Crippen molar-refractivity contribution >= 4 is 6.09 Å². The predicted octanol–water partition coefficient (Wildman–Crippen LogP) is 2.06. The average molecular weight is 229 g/mol. The Morgan fingerprint density at radius 1 is 1.50 bits per heavy atom. The summed E-state index contributed by atoms with van der Waals surface area (Å²) in [5, 5.41) is 12.3. The Bertz CT molecular complexity index is 232. The quantitative estimate of drug-likeness (QED) is 0.778. The van der Waals surface area contributed by atoms with Crippen LogP contribution in [0.5, 0.6) is 0 Å². The van der Waals surface area contributed by atoms with Gasteiger partial charge in [0.1, 0.15) is 0 Å². The third-order valence-electron chi connectivity index (χ3n) is 3.24. The van der Waals surface area contributed by atoms with E-state index < -0.39 is 11.6 Å². The lowest BCUT2D eigenvalue weighted by molar-refractivity contribution is 0.0706. The highest BCUT2D eigenvalue weighted by atomic mass is 16.6. The maximum Gasteiger partial charge on any atom is 0.407 e. The molecular weight excluding hydrogens is 206 g/mol. The van der Waals surface area contributed by atoms with Crippen molar-refractivity contribution in [3.8, 4) is 0 Å². The number of amides is 1. The summed E-state index contributed by atoms with van der Waals surface area (Å²) in [5.74, 6) is 0.683. The van der Waals surface area contributed by atoms with Crippen molar-refractivity contribution in [2.75, 3.05) is 6.61 Å². The molecule has 16 heavy (non-hydrogen) atoms. The van der Waals surface area contributed by atoms with Gasteiger partial charge in [0.15, 0.2) is 0 Å². The van der Waals surface area contributed by atoms with Gasteiger partial charge in [-0.05, 0) is 45.4 Å². The van der Waals surface area contributed by atoms with E-state index in [1.807, 2.05) is 13.8 Å². The van der Waals surface area contributed by atoms with Gasteiger partial charge in [-0.25, -0.2) is 4.79 Å². The first-order valence-electron chi connectivity index (χ1n) is 6.07. The van der Waals surface area contributed by atoms with Crippen LogP contribution in [0.15, 0.2) is 0 Å². The first-order valence-corrected chi connectivity index (χ1v) is 6.07. The summed E-state index contributed by atoms with van der Waals surface area (Å²) in [6, 6.07) is 0. The van der Waals surface area contributed by atoms with E-state index in [4.69, 9.17) is 4.74 Å². The molecule has 1 rings (SSSR count). The molecule has 1 aliphatic carbocycles. The first-order chi connectivity index (χ1) is 7.47. The molecule has 0 unspecified atom stereocenters. The third-order valence-corrected chi connectivity index (χ3v) is 3.24. The molecule has 0 saturated heterocycles. The van der Waals surface area contributed by atoms with Crippen LogP contribution in [0.1, 0.15) is 46.5 Å². The van der Waals surface area contributed by atoms with Gasteiger partial charge in [-0.15, -0.1) is 0 Å². The zero-order valence-electron chi connectivity index (χ0n) is 10.5. The Kier molecular flexibility index (Phi) is 4.59. The second kappa shape index (κ2) is 5.53. The smallest absolute Gasteiger partial charge is 0.407 e. The van der Waals surface area contributed by atoms with Crippen molar-refractivity contribution in [3.63, 3.8) is 0 Å². The SMILES string of the molecule is CC1CCC(CO)(NC(=O)OC(C)C)CC1. The molecule has 1 fully saturated rings. The van der Waals surface area contributed by atoms with Gasteiger partial charge in [0.25, 0.3) is 0 Å². The number of ether oxygens (including phenoxy) is 1. The van der Waals surface area contributed by atoms with Gasteiger partial charge in [-0.1, -0.05) is 6.92 Å². The normalized spacial score (nSPS) is 30.2. The van der Waals surface area contributed by atoms with Gasteiger partial charge in [-0.2, -0.15) is 0 Å². The van der Waals surface area contributed by atoms with Crippen LogP contribution in [0, 0.1) is 5.92 Å². The van der Waals surface area contributed by atoms with Crippen LogP contribution in [-0.2, 0) is 4.74 Å². The molecule has 2 N–H and O–H groups in total. The van der Waals surface area contributed by atoms with Crippen LogP contribution in [0.3, 0.4) is 0 Å². The zero-order chi connectivity index (χ0) is 12.2. The number of carbonyl (C=O) groups is 1. The summed E-state index contributed by atoms with van der Waals surface area (Å²) in [6.45, 7) is 5.82. The fourth-order valence-electron chi connectivity index (χ4n) is 2.10. The zero-order valence-corrected chi connectivity index (χ0v) is 10.5. The topological polar surface area (TPSA) is 58.6 Å². The maximum atomic E-state index is 11.5. The highest BCUT2D eigenvalue weighted by molar-refractivity contribution is 5.68. The maximum absolute atomic E-state index is 11.5. The molecule has 0 aromatic rings. The fourth-order valence-corrected chi connectivity index (χ4v) is 2.10. The van der Waals surface area contributed by atoms with Crippen molar-refractivity contribution in [2.45, 2.75) is 58.1 Å². The molecule has 94 valence electrons. The Hall–Kier alpha value is -0.770. The largest absolute Gasteiger partial charge is 0.447 e. The number of rotatable bonds is 3. The first kappa shape index (κ1) is 13.3. The molecule has 0 heterocycles. The summed E-state index contributed by atoms with van der Waals surface area (Å²) in [6.07, 6.45) is 3.21. The molecule has 0 atom stereocenters. The minimum absolute atomic E-state index is 0.00703. The molecule has 0 aromatic carbocycles. The number of carbonyl (C=O) groups excluding carboxylic acids is 1. The molecule has 0 radical (unpaired) electrons. The molecule has 0 spiro atoms. The Morgan fingerprint density at radius 3 is 2.50 bits per heavy atom. The molecule has 1 saturated carbocycles. The molecule has 0 aliphatic heterocycles. The van der Waals surface area contributed by atoms with E-state index in [0.717, 1.165) is 25.7 Å². The average Bonchev–Trinajstić information content (AvgIpc) is 2.21. The number of aliphatic hydroxyl groups is 1. The number of alkyl carbamates (subject to hydrolysis) is 1. The Labute approximate surface area is 97.4 Å². The number of hydrogen-bond acceptors (Lipinski definition) is 3. The van der Waals surface area contributed by atoms with E-state index in [0.29, 0.717) is 5.92 Å². The summed E-state index contributed by atoms with van der Waals surface area (Å²) < 4.78 is 5.05. The van der Waals surface area contributed by atoms with Crippen molar-refractivity contribution in [1.29, 1.82) is 0 Å². The van der Waals surface area contributed by atoms with Gasteiger partial charge in [0.2, 0.25) is 0 Å². The van der Waals surface area contributed by atoms with Crippen LogP contribution >= 0.6 is 0 Å². The molecule has 4 nitrogen and oxygen atoms in total. The molecule has 0 bridgehead atoms. The van der Waals surface area contributed by atoms with Crippen LogP contribution in [0.2, 0.25) is 0 Å². The lowest BCUT2D eigenvalue weighted by Gasteiger charge is -2.38. The summed E-state index contributed by atoms with van der Waals surface area (Å²) >= 11 is 0. The number of nitrogens with one attached hydrogen (secondary N) is 1. The van der Waals surface area contributed by atoms with Gasteiger partial charge in [-0.3, -0.25) is 0 Å². The Morgan fingerprint density at radius 2 is 2.06 bits per heavy atom. The van der Waals surface area contributed by atoms with Gasteiger partial charge >= 0.3 is 6.09 Å². The minimum Gasteiger partial charge on any atom is -0.447 e. The minimum atomic E-state index is -0.460. The van der Waals surface area contributed by atoms with Gasteiger partial charge in [0, 0.05) is 0 Å². The van der Waals surface area contributed by atoms with E-state index in [1.54, 1.807) is 0 Å². The molecule has 1 amide bonds. The van der Waals surface area contributed by atoms with Crippen molar-refractivity contribution in [2.24, 2.45) is 5.92 Å². The van der Waals surface area contributed by atoms with Crippen LogP contribution < -0.4 is 5.32 Å². The highest BCUT2D eigenvalue weighted by Gasteiger charge is 2.35. The van der Waals surface area contributed by atoms with E-state index >= 15 is 0 Å².